The molecule has 2 fully saturated rings. The molecule has 1 saturated heterocycles. The standard InChI is InChI=1S/C15H19N5O2S/c21-14(19-6-7-22-13-4-2-1-3-12(13)19)9-20-17-15(16-18-20)11-5-8-23-10-11/h5,8,10,12-13H,1-4,6-7,9H2/t12-,13-/m0/s1. The van der Waals surface area contributed by atoms with Crippen molar-refractivity contribution in [1.82, 2.24) is 25.1 Å². The maximum atomic E-state index is 12.7. The van der Waals surface area contributed by atoms with Crippen molar-refractivity contribution in [3.8, 4) is 11.4 Å². The normalized spacial score (nSPS) is 24.4. The fourth-order valence-corrected chi connectivity index (χ4v) is 4.07. The Morgan fingerprint density at radius 2 is 2.30 bits per heavy atom. The first-order valence-electron chi connectivity index (χ1n) is 8.03. The number of carbonyl (C=O) groups excluding carboxylic acids is 1. The molecule has 1 aliphatic carbocycles. The molecule has 122 valence electrons. The first kappa shape index (κ1) is 14.8. The van der Waals surface area contributed by atoms with Crippen LogP contribution >= 0.6 is 11.3 Å². The van der Waals surface area contributed by atoms with E-state index in [0.717, 1.165) is 24.8 Å². The van der Waals surface area contributed by atoms with Gasteiger partial charge >= 0.3 is 0 Å². The Morgan fingerprint density at radius 1 is 1.39 bits per heavy atom. The third kappa shape index (κ3) is 3.00. The van der Waals surface area contributed by atoms with Crippen molar-refractivity contribution >= 4 is 17.2 Å². The van der Waals surface area contributed by atoms with Crippen LogP contribution in [0.4, 0.5) is 0 Å². The number of thiophene rings is 1. The van der Waals surface area contributed by atoms with Crippen LogP contribution in [-0.4, -0.2) is 56.3 Å². The number of morpholine rings is 1. The maximum Gasteiger partial charge on any atom is 0.246 e. The first-order valence-corrected chi connectivity index (χ1v) is 8.97. The Labute approximate surface area is 138 Å². The van der Waals surface area contributed by atoms with Crippen LogP contribution in [-0.2, 0) is 16.1 Å². The SMILES string of the molecule is O=C(Cn1nnc(-c2ccsc2)n1)N1CCO[C@H]2CCCC[C@@H]21. The molecular weight excluding hydrogens is 314 g/mol. The third-order valence-corrected chi connectivity index (χ3v) is 5.24. The van der Waals surface area contributed by atoms with Gasteiger partial charge in [0, 0.05) is 17.5 Å². The van der Waals surface area contributed by atoms with E-state index >= 15 is 0 Å². The Bertz CT molecular complexity index is 669. The summed E-state index contributed by atoms with van der Waals surface area (Å²) in [5, 5.41) is 16.3. The van der Waals surface area contributed by atoms with Gasteiger partial charge in [0.15, 0.2) is 0 Å². The van der Waals surface area contributed by atoms with Gasteiger partial charge in [0.25, 0.3) is 0 Å². The summed E-state index contributed by atoms with van der Waals surface area (Å²) in [4.78, 5) is 16.0. The van der Waals surface area contributed by atoms with E-state index in [9.17, 15) is 4.79 Å². The van der Waals surface area contributed by atoms with Crippen molar-refractivity contribution in [2.75, 3.05) is 13.2 Å². The number of carbonyl (C=O) groups is 1. The predicted octanol–water partition coefficient (Wildman–Crippen LogP) is 1.57. The molecule has 0 N–H and O–H groups in total. The van der Waals surface area contributed by atoms with E-state index in [1.807, 2.05) is 21.7 Å². The second-order valence-electron chi connectivity index (χ2n) is 6.00. The summed E-state index contributed by atoms with van der Waals surface area (Å²) in [6, 6.07) is 2.16. The summed E-state index contributed by atoms with van der Waals surface area (Å²) in [6.45, 7) is 1.42. The number of amides is 1. The lowest BCUT2D eigenvalue weighted by atomic mass is 9.90. The largest absolute Gasteiger partial charge is 0.374 e. The minimum absolute atomic E-state index is 0.0551. The molecule has 2 aliphatic rings. The summed E-state index contributed by atoms with van der Waals surface area (Å²) in [5.41, 5.74) is 0.937. The predicted molar refractivity (Wildman–Crippen MR) is 84.8 cm³/mol. The molecule has 0 bridgehead atoms. The van der Waals surface area contributed by atoms with Gasteiger partial charge in [0.05, 0.1) is 18.8 Å². The van der Waals surface area contributed by atoms with Crippen LogP contribution in [0, 0.1) is 0 Å². The quantitative estimate of drug-likeness (QED) is 0.852. The van der Waals surface area contributed by atoms with E-state index in [-0.39, 0.29) is 24.6 Å². The Hall–Kier alpha value is -1.80. The van der Waals surface area contributed by atoms with E-state index in [0.29, 0.717) is 19.0 Å². The number of fused-ring (bicyclic) bond motifs is 1. The zero-order chi connectivity index (χ0) is 15.6. The van der Waals surface area contributed by atoms with E-state index in [1.165, 1.54) is 11.2 Å². The van der Waals surface area contributed by atoms with E-state index < -0.39 is 0 Å². The number of aromatic nitrogens is 4. The van der Waals surface area contributed by atoms with Crippen LogP contribution in [0.5, 0.6) is 0 Å². The van der Waals surface area contributed by atoms with Crippen molar-refractivity contribution in [1.29, 1.82) is 0 Å². The molecule has 0 radical (unpaired) electrons. The van der Waals surface area contributed by atoms with Crippen molar-refractivity contribution in [2.24, 2.45) is 0 Å². The van der Waals surface area contributed by atoms with Gasteiger partial charge in [-0.15, -0.1) is 10.2 Å². The molecule has 3 heterocycles. The Morgan fingerprint density at radius 3 is 3.17 bits per heavy atom. The number of hydrogen-bond acceptors (Lipinski definition) is 6. The van der Waals surface area contributed by atoms with Crippen molar-refractivity contribution in [3.63, 3.8) is 0 Å². The van der Waals surface area contributed by atoms with Crippen LogP contribution in [0.15, 0.2) is 16.8 Å². The van der Waals surface area contributed by atoms with Gasteiger partial charge in [0.2, 0.25) is 11.7 Å². The maximum absolute atomic E-state index is 12.7. The van der Waals surface area contributed by atoms with Crippen molar-refractivity contribution in [2.45, 2.75) is 44.4 Å². The molecule has 1 aliphatic heterocycles. The molecule has 2 aromatic rings. The van der Waals surface area contributed by atoms with Gasteiger partial charge in [-0.3, -0.25) is 4.79 Å². The highest BCUT2D eigenvalue weighted by Gasteiger charge is 2.36. The van der Waals surface area contributed by atoms with Gasteiger partial charge < -0.3 is 9.64 Å². The number of hydrogen-bond donors (Lipinski definition) is 0. The fourth-order valence-electron chi connectivity index (χ4n) is 3.44. The molecule has 0 unspecified atom stereocenters. The van der Waals surface area contributed by atoms with Crippen LogP contribution < -0.4 is 0 Å². The molecule has 0 spiro atoms. The smallest absolute Gasteiger partial charge is 0.246 e. The topological polar surface area (TPSA) is 73.1 Å². The van der Waals surface area contributed by atoms with Gasteiger partial charge in [-0.1, -0.05) is 12.8 Å². The van der Waals surface area contributed by atoms with Gasteiger partial charge in [-0.2, -0.15) is 16.1 Å². The minimum Gasteiger partial charge on any atom is -0.374 e. The molecule has 1 amide bonds. The van der Waals surface area contributed by atoms with Crippen molar-refractivity contribution in [3.05, 3.63) is 16.8 Å². The summed E-state index contributed by atoms with van der Waals surface area (Å²) in [6.07, 6.45) is 4.64. The second-order valence-corrected chi connectivity index (χ2v) is 6.78. The first-order chi connectivity index (χ1) is 11.3. The van der Waals surface area contributed by atoms with Gasteiger partial charge in [-0.25, -0.2) is 0 Å². The van der Waals surface area contributed by atoms with Gasteiger partial charge in [0.1, 0.15) is 6.54 Å². The summed E-state index contributed by atoms with van der Waals surface area (Å²) < 4.78 is 5.82. The van der Waals surface area contributed by atoms with Crippen LogP contribution in [0.3, 0.4) is 0 Å². The highest BCUT2D eigenvalue weighted by molar-refractivity contribution is 7.08. The Kier molecular flexibility index (Phi) is 4.09. The lowest BCUT2D eigenvalue weighted by molar-refractivity contribution is -0.150. The summed E-state index contributed by atoms with van der Waals surface area (Å²) in [5.74, 6) is 0.621. The summed E-state index contributed by atoms with van der Waals surface area (Å²) in [7, 11) is 0. The van der Waals surface area contributed by atoms with Crippen LogP contribution in [0.1, 0.15) is 25.7 Å². The highest BCUT2D eigenvalue weighted by Crippen LogP contribution is 2.28. The highest BCUT2D eigenvalue weighted by atomic mass is 32.1. The molecule has 7 nitrogen and oxygen atoms in total. The average molecular weight is 333 g/mol. The zero-order valence-electron chi connectivity index (χ0n) is 12.8. The number of nitrogens with zero attached hydrogens (tertiary/aromatic N) is 5. The molecule has 23 heavy (non-hydrogen) atoms. The molecule has 1 saturated carbocycles. The van der Waals surface area contributed by atoms with E-state index in [1.54, 1.807) is 11.3 Å². The van der Waals surface area contributed by atoms with Crippen LogP contribution in [0.25, 0.3) is 11.4 Å². The monoisotopic (exact) mass is 333 g/mol. The molecular formula is C15H19N5O2S. The zero-order valence-corrected chi connectivity index (χ0v) is 13.6. The Balaban J connectivity index is 1.45. The average Bonchev–Trinajstić information content (AvgIpc) is 3.25. The van der Waals surface area contributed by atoms with E-state index in [4.69, 9.17) is 4.74 Å². The second kappa shape index (κ2) is 6.37. The van der Waals surface area contributed by atoms with Crippen LogP contribution in [0.2, 0.25) is 0 Å². The molecule has 4 rings (SSSR count). The molecule has 2 aromatic heterocycles. The summed E-state index contributed by atoms with van der Waals surface area (Å²) >= 11 is 1.59. The van der Waals surface area contributed by atoms with Crippen molar-refractivity contribution < 1.29 is 9.53 Å². The third-order valence-electron chi connectivity index (χ3n) is 4.56. The fraction of sp³-hybridized carbons (Fsp3) is 0.600. The lowest BCUT2D eigenvalue weighted by Gasteiger charge is -2.43. The lowest BCUT2D eigenvalue weighted by Crippen LogP contribution is -2.55. The minimum atomic E-state index is 0.0551. The number of rotatable bonds is 3. The number of ether oxygens (including phenoxy) is 1. The van der Waals surface area contributed by atoms with E-state index in [2.05, 4.69) is 15.4 Å². The van der Waals surface area contributed by atoms with Gasteiger partial charge in [-0.05, 0) is 29.5 Å². The molecule has 0 aromatic carbocycles. The molecule has 8 heteroatoms. The number of tetrazole rings is 1. The molecule has 2 atom stereocenters.